The van der Waals surface area contributed by atoms with Gasteiger partial charge in [0.15, 0.2) is 0 Å². The fourth-order valence-electron chi connectivity index (χ4n) is 3.84. The summed E-state index contributed by atoms with van der Waals surface area (Å²) in [5.74, 6) is -2.52. The smallest absolute Gasteiger partial charge is 0.410 e. The molecule has 4 atom stereocenters. The normalized spacial score (nSPS) is 25.2. The largest absolute Gasteiger partial charge is 0.481 e. The topological polar surface area (TPSA) is 126 Å². The number of alkyl halides is 2. The molecule has 0 aromatic carbocycles. The van der Waals surface area contributed by atoms with E-state index < -0.39 is 47.6 Å². The van der Waals surface area contributed by atoms with Crippen molar-refractivity contribution in [2.45, 2.75) is 90.8 Å². The van der Waals surface area contributed by atoms with Crippen molar-refractivity contribution in [2.75, 3.05) is 46.0 Å². The molecule has 39 heavy (non-hydrogen) atoms. The van der Waals surface area contributed by atoms with Gasteiger partial charge in [0.1, 0.15) is 23.5 Å². The number of carbonyl (C=O) groups excluding carboxylic acids is 2. The van der Waals surface area contributed by atoms with Crippen LogP contribution in [-0.2, 0) is 19.0 Å². The molecule has 0 aromatic heterocycles. The second-order valence-corrected chi connectivity index (χ2v) is 11.7. The molecule has 2 N–H and O–H groups in total. The molecule has 0 saturated carbocycles. The van der Waals surface area contributed by atoms with Gasteiger partial charge in [-0.2, -0.15) is 0 Å². The van der Waals surface area contributed by atoms with Crippen LogP contribution in [0.5, 0.6) is 0 Å². The first kappa shape index (κ1) is 36.9. The number of hydrogen-bond donors (Lipinski definition) is 2. The molecule has 225 valence electrons. The average Bonchev–Trinajstić information content (AvgIpc) is 3.37. The number of aliphatic hydroxyl groups is 1. The summed E-state index contributed by atoms with van der Waals surface area (Å²) in [5.41, 5.74) is -1.19. The van der Waals surface area contributed by atoms with Crippen LogP contribution in [0.25, 0.3) is 0 Å². The summed E-state index contributed by atoms with van der Waals surface area (Å²) in [6, 6.07) is 0. The molecule has 3 heterocycles. The number of carboxylic acids is 1. The van der Waals surface area contributed by atoms with Crippen molar-refractivity contribution in [3.8, 4) is 0 Å². The Bertz CT molecular complexity index is 752. The van der Waals surface area contributed by atoms with Crippen molar-refractivity contribution in [3.63, 3.8) is 0 Å². The van der Waals surface area contributed by atoms with Gasteiger partial charge in [-0.05, 0) is 67.2 Å². The molecule has 0 aromatic rings. The SMILES string of the molecule is C1CCOC1.CC(C)(C)OC(=O)N1CCC(C(=O)O)C(F)C1.CC(C)(C)OC(=O)N1CCC(CO)C(F)C1.[B]. The van der Waals surface area contributed by atoms with Crippen LogP contribution in [-0.4, -0.2) is 116 Å². The number of aliphatic carboxylic acids is 1. The van der Waals surface area contributed by atoms with E-state index in [1.807, 2.05) is 0 Å². The minimum absolute atomic E-state index is 0. The molecule has 0 aliphatic carbocycles. The summed E-state index contributed by atoms with van der Waals surface area (Å²) in [5, 5.41) is 17.6. The highest BCUT2D eigenvalue weighted by Gasteiger charge is 2.37. The van der Waals surface area contributed by atoms with Crippen LogP contribution in [0.4, 0.5) is 18.4 Å². The van der Waals surface area contributed by atoms with Crippen molar-refractivity contribution in [1.29, 1.82) is 0 Å². The third kappa shape index (κ3) is 14.7. The highest BCUT2D eigenvalue weighted by Crippen LogP contribution is 2.23. The molecule has 3 saturated heterocycles. The van der Waals surface area contributed by atoms with Crippen LogP contribution in [0.15, 0.2) is 0 Å². The first-order valence-electron chi connectivity index (χ1n) is 13.2. The van der Waals surface area contributed by atoms with Crippen LogP contribution in [0.3, 0.4) is 0 Å². The van der Waals surface area contributed by atoms with Crippen LogP contribution in [0.2, 0.25) is 0 Å². The molecule has 0 spiro atoms. The van der Waals surface area contributed by atoms with E-state index in [-0.39, 0.29) is 47.0 Å². The maximum atomic E-state index is 13.5. The van der Waals surface area contributed by atoms with Crippen LogP contribution >= 0.6 is 0 Å². The number of ether oxygens (including phenoxy) is 3. The minimum atomic E-state index is -1.53. The lowest BCUT2D eigenvalue weighted by Crippen LogP contribution is -2.48. The Labute approximate surface area is 232 Å². The van der Waals surface area contributed by atoms with E-state index in [0.29, 0.717) is 13.0 Å². The first-order valence-corrected chi connectivity index (χ1v) is 13.2. The highest BCUT2D eigenvalue weighted by molar-refractivity contribution is 5.75. The van der Waals surface area contributed by atoms with E-state index in [9.17, 15) is 23.2 Å². The van der Waals surface area contributed by atoms with E-state index in [0.717, 1.165) is 13.2 Å². The maximum Gasteiger partial charge on any atom is 0.410 e. The van der Waals surface area contributed by atoms with Gasteiger partial charge in [-0.25, -0.2) is 18.4 Å². The Kier molecular flexibility index (Phi) is 15.9. The number of amides is 2. The molecule has 0 bridgehead atoms. The molecular formula is C26H46BF2N2O8. The zero-order chi connectivity index (χ0) is 29.1. The van der Waals surface area contributed by atoms with E-state index in [2.05, 4.69) is 0 Å². The number of rotatable bonds is 2. The zero-order valence-corrected chi connectivity index (χ0v) is 24.2. The van der Waals surface area contributed by atoms with E-state index in [4.69, 9.17) is 24.4 Å². The van der Waals surface area contributed by atoms with Crippen molar-refractivity contribution in [3.05, 3.63) is 0 Å². The van der Waals surface area contributed by atoms with Gasteiger partial charge >= 0.3 is 18.2 Å². The van der Waals surface area contributed by atoms with Crippen molar-refractivity contribution >= 4 is 26.6 Å². The summed E-state index contributed by atoms with van der Waals surface area (Å²) in [6.07, 6.45) is -0.609. The van der Waals surface area contributed by atoms with Gasteiger partial charge in [0.05, 0.1) is 19.0 Å². The lowest BCUT2D eigenvalue weighted by atomic mass is 9.95. The molecule has 4 unspecified atom stereocenters. The van der Waals surface area contributed by atoms with Crippen molar-refractivity contribution in [1.82, 2.24) is 9.80 Å². The quantitative estimate of drug-likeness (QED) is 0.488. The molecule has 10 nitrogen and oxygen atoms in total. The number of nitrogens with zero attached hydrogens (tertiary/aromatic N) is 2. The standard InChI is InChI=1S/C11H18FNO4.C11H20FNO3.C4H8O.B/c1-11(2,3)17-10(16)13-5-4-7(9(14)15)8(12)6-13;1-11(2,3)16-10(15)13-5-4-8(7-14)9(12)6-13;1-2-4-5-3-1;/h7-8H,4-6H2,1-3H3,(H,14,15);8-9,14H,4-7H2,1-3H3;1-4H2;. The van der Waals surface area contributed by atoms with Gasteiger partial charge < -0.3 is 34.2 Å². The van der Waals surface area contributed by atoms with Crippen LogP contribution in [0, 0.1) is 11.8 Å². The number of carbonyl (C=O) groups is 3. The number of halogens is 2. The average molecular weight is 563 g/mol. The number of carboxylic acid groups (broad SMARTS) is 1. The van der Waals surface area contributed by atoms with Crippen LogP contribution in [0.1, 0.15) is 67.2 Å². The van der Waals surface area contributed by atoms with E-state index in [1.54, 1.807) is 41.5 Å². The molecule has 3 aliphatic rings. The molecular weight excluding hydrogens is 517 g/mol. The fourth-order valence-corrected chi connectivity index (χ4v) is 3.84. The number of piperidine rings is 2. The summed E-state index contributed by atoms with van der Waals surface area (Å²) < 4.78 is 42.2. The Morgan fingerprint density at radius 3 is 1.59 bits per heavy atom. The lowest BCUT2D eigenvalue weighted by molar-refractivity contribution is -0.146. The predicted octanol–water partition coefficient (Wildman–Crippen LogP) is 3.66. The van der Waals surface area contributed by atoms with Gasteiger partial charge in [-0.15, -0.1) is 0 Å². The van der Waals surface area contributed by atoms with Gasteiger partial charge in [0, 0.05) is 47.2 Å². The third-order valence-corrected chi connectivity index (χ3v) is 5.90. The Balaban J connectivity index is 0.000000614. The number of likely N-dealkylation sites (tertiary alicyclic amines) is 2. The van der Waals surface area contributed by atoms with Crippen molar-refractivity contribution < 1.29 is 47.6 Å². The maximum absolute atomic E-state index is 13.5. The first-order chi connectivity index (χ1) is 17.5. The Morgan fingerprint density at radius 1 is 0.846 bits per heavy atom. The molecule has 3 aliphatic heterocycles. The summed E-state index contributed by atoms with van der Waals surface area (Å²) in [7, 11) is 0. The van der Waals surface area contributed by atoms with E-state index in [1.165, 1.54) is 22.6 Å². The lowest BCUT2D eigenvalue weighted by Gasteiger charge is -2.34. The summed E-state index contributed by atoms with van der Waals surface area (Å²) in [6.45, 7) is 12.8. The molecule has 3 rings (SSSR count). The zero-order valence-electron chi connectivity index (χ0n) is 24.2. The molecule has 13 heteroatoms. The molecule has 3 fully saturated rings. The van der Waals surface area contributed by atoms with E-state index >= 15 is 0 Å². The van der Waals surface area contributed by atoms with Gasteiger partial charge in [0.25, 0.3) is 0 Å². The van der Waals surface area contributed by atoms with Crippen LogP contribution < -0.4 is 0 Å². The summed E-state index contributed by atoms with van der Waals surface area (Å²) in [4.78, 5) is 36.5. The van der Waals surface area contributed by atoms with Gasteiger partial charge in [-0.3, -0.25) is 4.79 Å². The fraction of sp³-hybridized carbons (Fsp3) is 0.885. The molecule has 2 amide bonds. The van der Waals surface area contributed by atoms with Gasteiger partial charge in [-0.1, -0.05) is 0 Å². The van der Waals surface area contributed by atoms with Crippen molar-refractivity contribution in [2.24, 2.45) is 11.8 Å². The third-order valence-electron chi connectivity index (χ3n) is 5.90. The Morgan fingerprint density at radius 2 is 1.28 bits per heavy atom. The minimum Gasteiger partial charge on any atom is -0.481 e. The highest BCUT2D eigenvalue weighted by atomic mass is 19.1. The second kappa shape index (κ2) is 16.8. The number of aliphatic hydroxyl groups excluding tert-OH is 1. The summed E-state index contributed by atoms with van der Waals surface area (Å²) >= 11 is 0. The molecule has 3 radical (unpaired) electrons. The van der Waals surface area contributed by atoms with Gasteiger partial charge in [0.2, 0.25) is 0 Å². The monoisotopic (exact) mass is 563 g/mol. The Hall–Kier alpha value is -2.15. The number of hydrogen-bond acceptors (Lipinski definition) is 7. The predicted molar refractivity (Wildman–Crippen MR) is 142 cm³/mol. The second-order valence-electron chi connectivity index (χ2n) is 11.7.